The van der Waals surface area contributed by atoms with Crippen LogP contribution in [0.25, 0.3) is 0 Å². The van der Waals surface area contributed by atoms with Gasteiger partial charge in [0, 0.05) is 12.8 Å². The maximum Gasteiger partial charge on any atom is 0.303 e. The lowest BCUT2D eigenvalue weighted by Crippen LogP contribution is -1.96. The number of nitrogens with zero attached hydrogens (tertiary/aromatic N) is 2. The normalized spacial score (nSPS) is 10.5. The van der Waals surface area contributed by atoms with Crippen LogP contribution in [-0.2, 0) is 17.0 Å². The molecule has 0 bridgehead atoms. The van der Waals surface area contributed by atoms with Crippen molar-refractivity contribution in [2.75, 3.05) is 5.75 Å². The number of aliphatic carboxylic acids is 1. The Hall–Kier alpha value is -1.04. The molecule has 0 atom stereocenters. The van der Waals surface area contributed by atoms with Crippen molar-refractivity contribution >= 4 is 17.7 Å². The second-order valence-electron chi connectivity index (χ2n) is 2.99. The van der Waals surface area contributed by atoms with Crippen molar-refractivity contribution in [2.45, 2.75) is 31.9 Å². The van der Waals surface area contributed by atoms with Gasteiger partial charge in [0.15, 0.2) is 5.82 Å². The highest BCUT2D eigenvalue weighted by molar-refractivity contribution is 7.98. The monoisotopic (exact) mass is 230 g/mol. The van der Waals surface area contributed by atoms with Gasteiger partial charge in [0.25, 0.3) is 0 Å². The molecule has 0 aromatic carbocycles. The van der Waals surface area contributed by atoms with Crippen LogP contribution in [0.2, 0.25) is 0 Å². The minimum atomic E-state index is -0.795. The minimum absolute atomic E-state index is 0.140. The zero-order valence-corrected chi connectivity index (χ0v) is 9.42. The number of carboxylic acid groups (broad SMARTS) is 1. The summed E-state index contributed by atoms with van der Waals surface area (Å²) < 4.78 is 4.98. The average molecular weight is 230 g/mol. The fourth-order valence-electron chi connectivity index (χ4n) is 1.03. The molecular weight excluding hydrogens is 216 g/mol. The van der Waals surface area contributed by atoms with Gasteiger partial charge >= 0.3 is 5.97 Å². The maximum atomic E-state index is 10.3. The van der Waals surface area contributed by atoms with Crippen LogP contribution in [-0.4, -0.2) is 27.0 Å². The summed E-state index contributed by atoms with van der Waals surface area (Å²) in [6.07, 6.45) is 1.22. The van der Waals surface area contributed by atoms with Crippen LogP contribution < -0.4 is 0 Å². The first kappa shape index (κ1) is 12.0. The number of carbonyl (C=O) groups is 1. The number of hydrogen-bond donors (Lipinski definition) is 1. The molecule has 1 aromatic rings. The van der Waals surface area contributed by atoms with Crippen molar-refractivity contribution in [2.24, 2.45) is 0 Å². The van der Waals surface area contributed by atoms with Gasteiger partial charge in [0.2, 0.25) is 5.89 Å². The van der Waals surface area contributed by atoms with Gasteiger partial charge in [-0.05, 0) is 12.2 Å². The van der Waals surface area contributed by atoms with Gasteiger partial charge in [-0.1, -0.05) is 12.1 Å². The fourth-order valence-corrected chi connectivity index (χ4v) is 1.54. The van der Waals surface area contributed by atoms with Crippen LogP contribution in [0.4, 0.5) is 0 Å². The molecule has 0 aliphatic carbocycles. The Labute approximate surface area is 92.2 Å². The Kier molecular flexibility index (Phi) is 5.17. The SMILES string of the molecule is CCSCc1noc(CCCC(=O)O)n1. The predicted octanol–water partition coefficient (Wildman–Crippen LogP) is 1.73. The van der Waals surface area contributed by atoms with Crippen LogP contribution in [0.1, 0.15) is 31.5 Å². The molecule has 1 aromatic heterocycles. The van der Waals surface area contributed by atoms with E-state index in [4.69, 9.17) is 9.63 Å². The van der Waals surface area contributed by atoms with Gasteiger partial charge < -0.3 is 9.63 Å². The van der Waals surface area contributed by atoms with E-state index >= 15 is 0 Å². The molecular formula is C9H14N2O3S. The zero-order valence-electron chi connectivity index (χ0n) is 8.60. The molecule has 0 amide bonds. The van der Waals surface area contributed by atoms with E-state index < -0.39 is 5.97 Å². The van der Waals surface area contributed by atoms with Gasteiger partial charge in [0.05, 0.1) is 5.75 Å². The molecule has 0 saturated carbocycles. The Morgan fingerprint density at radius 3 is 3.07 bits per heavy atom. The third-order valence-electron chi connectivity index (χ3n) is 1.73. The molecule has 1 N–H and O–H groups in total. The summed E-state index contributed by atoms with van der Waals surface area (Å²) in [5, 5.41) is 12.2. The quantitative estimate of drug-likeness (QED) is 0.768. The van der Waals surface area contributed by atoms with E-state index in [1.807, 2.05) is 0 Å². The summed E-state index contributed by atoms with van der Waals surface area (Å²) in [5.41, 5.74) is 0. The highest BCUT2D eigenvalue weighted by Crippen LogP contribution is 2.09. The van der Waals surface area contributed by atoms with E-state index in [0.29, 0.717) is 24.6 Å². The highest BCUT2D eigenvalue weighted by Gasteiger charge is 2.06. The van der Waals surface area contributed by atoms with Gasteiger partial charge in [-0.25, -0.2) is 0 Å². The lowest BCUT2D eigenvalue weighted by atomic mass is 10.2. The van der Waals surface area contributed by atoms with E-state index in [2.05, 4.69) is 17.1 Å². The number of hydrogen-bond acceptors (Lipinski definition) is 5. The standard InChI is InChI=1S/C9H14N2O3S/c1-2-15-6-7-10-8(14-11-7)4-3-5-9(12)13/h2-6H2,1H3,(H,12,13). The average Bonchev–Trinajstić information content (AvgIpc) is 2.62. The fraction of sp³-hybridized carbons (Fsp3) is 0.667. The van der Waals surface area contributed by atoms with Crippen LogP contribution in [0, 0.1) is 0 Å². The third-order valence-corrected chi connectivity index (χ3v) is 2.60. The lowest BCUT2D eigenvalue weighted by molar-refractivity contribution is -0.137. The molecule has 5 nitrogen and oxygen atoms in total. The molecule has 0 saturated heterocycles. The van der Waals surface area contributed by atoms with E-state index in [9.17, 15) is 4.79 Å². The largest absolute Gasteiger partial charge is 0.481 e. The summed E-state index contributed by atoms with van der Waals surface area (Å²) >= 11 is 1.72. The summed E-state index contributed by atoms with van der Waals surface area (Å²) in [7, 11) is 0. The van der Waals surface area contributed by atoms with Gasteiger partial charge in [0.1, 0.15) is 0 Å². The molecule has 0 unspecified atom stereocenters. The summed E-state index contributed by atoms with van der Waals surface area (Å²) in [6.45, 7) is 2.07. The number of thioether (sulfide) groups is 1. The first-order valence-corrected chi connectivity index (χ1v) is 5.99. The van der Waals surface area contributed by atoms with Crippen molar-refractivity contribution in [3.63, 3.8) is 0 Å². The zero-order chi connectivity index (χ0) is 11.1. The second kappa shape index (κ2) is 6.44. The van der Waals surface area contributed by atoms with E-state index in [0.717, 1.165) is 11.5 Å². The molecule has 0 radical (unpaired) electrons. The van der Waals surface area contributed by atoms with E-state index in [1.165, 1.54) is 0 Å². The molecule has 6 heteroatoms. The predicted molar refractivity (Wildman–Crippen MR) is 56.7 cm³/mol. The molecule has 1 rings (SSSR count). The van der Waals surface area contributed by atoms with E-state index in [1.54, 1.807) is 11.8 Å². The number of aryl methyl sites for hydroxylation is 1. The number of aromatic nitrogens is 2. The first-order valence-electron chi connectivity index (χ1n) is 4.83. The van der Waals surface area contributed by atoms with Crippen molar-refractivity contribution in [3.8, 4) is 0 Å². The first-order chi connectivity index (χ1) is 7.22. The van der Waals surface area contributed by atoms with Crippen LogP contribution in [0.15, 0.2) is 4.52 Å². The summed E-state index contributed by atoms with van der Waals surface area (Å²) in [6, 6.07) is 0. The Morgan fingerprint density at radius 2 is 2.40 bits per heavy atom. The minimum Gasteiger partial charge on any atom is -0.481 e. The summed E-state index contributed by atoms with van der Waals surface area (Å²) in [4.78, 5) is 14.4. The van der Waals surface area contributed by atoms with Crippen molar-refractivity contribution in [1.82, 2.24) is 10.1 Å². The van der Waals surface area contributed by atoms with Crippen molar-refractivity contribution in [1.29, 1.82) is 0 Å². The van der Waals surface area contributed by atoms with Gasteiger partial charge in [-0.2, -0.15) is 16.7 Å². The van der Waals surface area contributed by atoms with Crippen molar-refractivity contribution < 1.29 is 14.4 Å². The molecule has 0 fully saturated rings. The molecule has 15 heavy (non-hydrogen) atoms. The third kappa shape index (κ3) is 4.83. The molecule has 0 spiro atoms. The topological polar surface area (TPSA) is 76.2 Å². The second-order valence-corrected chi connectivity index (χ2v) is 4.26. The lowest BCUT2D eigenvalue weighted by Gasteiger charge is -1.91. The van der Waals surface area contributed by atoms with Gasteiger partial charge in [-0.3, -0.25) is 4.79 Å². The molecule has 0 aliphatic heterocycles. The molecule has 84 valence electrons. The number of rotatable bonds is 7. The Morgan fingerprint density at radius 1 is 1.60 bits per heavy atom. The Balaban J connectivity index is 2.29. The maximum absolute atomic E-state index is 10.3. The summed E-state index contributed by atoms with van der Waals surface area (Å²) in [5.74, 6) is 2.19. The smallest absolute Gasteiger partial charge is 0.303 e. The van der Waals surface area contributed by atoms with Gasteiger partial charge in [-0.15, -0.1) is 0 Å². The number of carboxylic acids is 1. The Bertz CT molecular complexity index is 314. The van der Waals surface area contributed by atoms with Crippen LogP contribution in [0.5, 0.6) is 0 Å². The van der Waals surface area contributed by atoms with E-state index in [-0.39, 0.29) is 6.42 Å². The van der Waals surface area contributed by atoms with Crippen molar-refractivity contribution in [3.05, 3.63) is 11.7 Å². The molecule has 0 aliphatic rings. The van der Waals surface area contributed by atoms with Crippen LogP contribution >= 0.6 is 11.8 Å². The highest BCUT2D eigenvalue weighted by atomic mass is 32.2. The van der Waals surface area contributed by atoms with Crippen LogP contribution in [0.3, 0.4) is 0 Å². The molecule has 1 heterocycles.